The lowest BCUT2D eigenvalue weighted by atomic mass is 10.1. The van der Waals surface area contributed by atoms with Crippen molar-refractivity contribution in [3.63, 3.8) is 0 Å². The van der Waals surface area contributed by atoms with Gasteiger partial charge in [0.25, 0.3) is 0 Å². The maximum absolute atomic E-state index is 12.7. The summed E-state index contributed by atoms with van der Waals surface area (Å²) in [5.41, 5.74) is 0. The average Bonchev–Trinajstić information content (AvgIpc) is 3.11. The molecule has 0 aromatic heterocycles. The number of nitrogens with zero attached hydrogens (tertiary/aromatic N) is 1. The summed E-state index contributed by atoms with van der Waals surface area (Å²) in [4.78, 5) is 36.8. The highest BCUT2D eigenvalue weighted by molar-refractivity contribution is 5.70. The van der Waals surface area contributed by atoms with Gasteiger partial charge in [0, 0.05) is 19.3 Å². The molecule has 2 unspecified atom stereocenters. The Morgan fingerprint density at radius 3 is 1.40 bits per heavy atom. The number of ether oxygens (including phenoxy) is 3. The van der Waals surface area contributed by atoms with E-state index >= 15 is 0 Å². The molecule has 0 spiro atoms. The minimum Gasteiger partial charge on any atom is -0.544 e. The molecule has 0 saturated heterocycles. The van der Waals surface area contributed by atoms with Gasteiger partial charge in [0.1, 0.15) is 12.6 Å². The second-order valence-electron chi connectivity index (χ2n) is 15.9. The van der Waals surface area contributed by atoms with Crippen LogP contribution in [0.5, 0.6) is 0 Å². The lowest BCUT2D eigenvalue weighted by Gasteiger charge is -2.34. The SMILES string of the molecule is CCCCC/C=C\CCCCCCCC(=O)OCC(COCCC(C(=O)[O-])[N+](C)(C)C)OC(=O)CCCCCCCCC/C=C\CCCCCCCC. The van der Waals surface area contributed by atoms with E-state index in [9.17, 15) is 19.5 Å². The fourth-order valence-corrected chi connectivity index (χ4v) is 6.35. The number of aliphatic carboxylic acids is 1. The third kappa shape index (κ3) is 35.3. The number of carbonyl (C=O) groups is 3. The molecule has 0 radical (unpaired) electrons. The Labute approximate surface area is 326 Å². The summed E-state index contributed by atoms with van der Waals surface area (Å²) in [6.45, 7) is 4.63. The molecule has 0 aliphatic heterocycles. The van der Waals surface area contributed by atoms with Gasteiger partial charge in [-0.25, -0.2) is 0 Å². The van der Waals surface area contributed by atoms with Crippen LogP contribution in [-0.4, -0.2) is 75.5 Å². The molecule has 8 heteroatoms. The molecule has 0 aromatic carbocycles. The largest absolute Gasteiger partial charge is 0.544 e. The van der Waals surface area contributed by atoms with Crippen molar-refractivity contribution in [1.29, 1.82) is 0 Å². The molecule has 0 fully saturated rings. The summed E-state index contributed by atoms with van der Waals surface area (Å²) in [5, 5.41) is 11.6. The van der Waals surface area contributed by atoms with Gasteiger partial charge in [0.05, 0.1) is 40.3 Å². The summed E-state index contributed by atoms with van der Waals surface area (Å²) in [5.74, 6) is -1.75. The van der Waals surface area contributed by atoms with Crippen LogP contribution in [-0.2, 0) is 28.6 Å². The van der Waals surface area contributed by atoms with Crippen LogP contribution in [0.1, 0.15) is 194 Å². The lowest BCUT2D eigenvalue weighted by molar-refractivity contribution is -0.889. The van der Waals surface area contributed by atoms with Crippen molar-refractivity contribution in [3.8, 4) is 0 Å². The standard InChI is InChI=1S/C45H83NO7/c1-6-8-10-12-14-16-18-20-21-22-23-24-26-28-30-32-34-36-44(48)53-41(39-51-38-37-42(45(49)50)46(3,4)5)40-52-43(47)35-33-31-29-27-25-19-17-15-13-11-9-7-2/h15,17,20-21,41-42H,6-14,16,18-19,22-40H2,1-5H3/b17-15-,21-20-. The molecule has 53 heavy (non-hydrogen) atoms. The maximum Gasteiger partial charge on any atom is 0.306 e. The van der Waals surface area contributed by atoms with Crippen LogP contribution >= 0.6 is 0 Å². The summed E-state index contributed by atoms with van der Waals surface area (Å²) >= 11 is 0. The van der Waals surface area contributed by atoms with Crippen molar-refractivity contribution in [1.82, 2.24) is 0 Å². The van der Waals surface area contributed by atoms with E-state index in [4.69, 9.17) is 14.2 Å². The Morgan fingerprint density at radius 1 is 0.547 bits per heavy atom. The van der Waals surface area contributed by atoms with E-state index in [2.05, 4.69) is 38.2 Å². The number of quaternary nitrogens is 1. The van der Waals surface area contributed by atoms with Gasteiger partial charge in [0.15, 0.2) is 6.10 Å². The zero-order chi connectivity index (χ0) is 39.3. The van der Waals surface area contributed by atoms with Gasteiger partial charge in [-0.1, -0.05) is 134 Å². The molecule has 0 heterocycles. The monoisotopic (exact) mass is 750 g/mol. The van der Waals surface area contributed by atoms with E-state index < -0.39 is 18.1 Å². The topological polar surface area (TPSA) is 102 Å². The molecular formula is C45H83NO7. The number of allylic oxidation sites excluding steroid dienone is 4. The summed E-state index contributed by atoms with van der Waals surface area (Å²) in [6.07, 6.45) is 39.1. The second-order valence-corrected chi connectivity index (χ2v) is 15.9. The van der Waals surface area contributed by atoms with Gasteiger partial charge in [0.2, 0.25) is 0 Å². The van der Waals surface area contributed by atoms with E-state index in [0.717, 1.165) is 51.4 Å². The van der Waals surface area contributed by atoms with Crippen LogP contribution in [0, 0.1) is 0 Å². The average molecular weight is 750 g/mol. The highest BCUT2D eigenvalue weighted by Crippen LogP contribution is 2.14. The first kappa shape index (κ1) is 50.8. The predicted octanol–water partition coefficient (Wildman–Crippen LogP) is 10.4. The molecule has 0 N–H and O–H groups in total. The zero-order valence-corrected chi connectivity index (χ0v) is 35.2. The molecular weight excluding hydrogens is 666 g/mol. The van der Waals surface area contributed by atoms with Crippen LogP contribution in [0.15, 0.2) is 24.3 Å². The van der Waals surface area contributed by atoms with Crippen molar-refractivity contribution in [2.24, 2.45) is 0 Å². The smallest absolute Gasteiger partial charge is 0.306 e. The zero-order valence-electron chi connectivity index (χ0n) is 35.2. The summed E-state index contributed by atoms with van der Waals surface area (Å²) in [7, 11) is 5.40. The Kier molecular flexibility index (Phi) is 35.2. The van der Waals surface area contributed by atoms with Gasteiger partial charge >= 0.3 is 11.9 Å². The Hall–Kier alpha value is -2.19. The Morgan fingerprint density at radius 2 is 0.943 bits per heavy atom. The van der Waals surface area contributed by atoms with Gasteiger partial charge in [-0.15, -0.1) is 0 Å². The van der Waals surface area contributed by atoms with Crippen LogP contribution in [0.25, 0.3) is 0 Å². The van der Waals surface area contributed by atoms with E-state index in [1.807, 2.05) is 0 Å². The number of carbonyl (C=O) groups excluding carboxylic acids is 3. The fourth-order valence-electron chi connectivity index (χ4n) is 6.35. The van der Waals surface area contributed by atoms with E-state index in [1.165, 1.54) is 109 Å². The van der Waals surface area contributed by atoms with E-state index in [0.29, 0.717) is 12.8 Å². The van der Waals surface area contributed by atoms with Gasteiger partial charge in [-0.05, 0) is 64.2 Å². The number of carboxylic acids is 1. The fraction of sp³-hybridized carbons (Fsp3) is 0.844. The molecule has 0 amide bonds. The number of likely N-dealkylation sites (N-methyl/N-ethyl adjacent to an activating group) is 1. The quantitative estimate of drug-likeness (QED) is 0.0267. The van der Waals surface area contributed by atoms with Gasteiger partial charge in [-0.2, -0.15) is 0 Å². The van der Waals surface area contributed by atoms with Gasteiger partial charge < -0.3 is 28.6 Å². The number of rotatable bonds is 39. The van der Waals surface area contributed by atoms with Crippen LogP contribution in [0.4, 0.5) is 0 Å². The second kappa shape index (κ2) is 36.8. The molecule has 2 atom stereocenters. The van der Waals surface area contributed by atoms with Crippen molar-refractivity contribution in [2.75, 3.05) is 41.0 Å². The number of hydrogen-bond donors (Lipinski definition) is 0. The van der Waals surface area contributed by atoms with Crippen molar-refractivity contribution in [3.05, 3.63) is 24.3 Å². The lowest BCUT2D eigenvalue weighted by Crippen LogP contribution is -2.55. The Bertz CT molecular complexity index is 926. The third-order valence-corrected chi connectivity index (χ3v) is 9.81. The molecule has 0 aliphatic carbocycles. The predicted molar refractivity (Wildman–Crippen MR) is 217 cm³/mol. The first-order valence-corrected chi connectivity index (χ1v) is 21.9. The molecule has 310 valence electrons. The number of esters is 2. The van der Waals surface area contributed by atoms with Crippen LogP contribution in [0.2, 0.25) is 0 Å². The van der Waals surface area contributed by atoms with Crippen molar-refractivity contribution in [2.45, 2.75) is 206 Å². The highest BCUT2D eigenvalue weighted by atomic mass is 16.6. The number of hydrogen-bond acceptors (Lipinski definition) is 7. The third-order valence-electron chi connectivity index (χ3n) is 9.81. The van der Waals surface area contributed by atoms with Crippen molar-refractivity contribution < 1.29 is 38.2 Å². The molecule has 8 nitrogen and oxygen atoms in total. The summed E-state index contributed by atoms with van der Waals surface area (Å²) < 4.78 is 17.1. The minimum atomic E-state index is -1.13. The minimum absolute atomic E-state index is 0.0389. The van der Waals surface area contributed by atoms with Crippen LogP contribution < -0.4 is 5.11 Å². The first-order chi connectivity index (χ1) is 25.6. The molecule has 0 aromatic rings. The molecule has 0 saturated carbocycles. The van der Waals surface area contributed by atoms with Gasteiger partial charge in [-0.3, -0.25) is 9.59 Å². The number of carboxylic acid groups (broad SMARTS) is 1. The molecule has 0 rings (SSSR count). The molecule has 0 bridgehead atoms. The van der Waals surface area contributed by atoms with Crippen molar-refractivity contribution >= 4 is 17.9 Å². The number of unbranched alkanes of at least 4 members (excludes halogenated alkanes) is 21. The summed E-state index contributed by atoms with van der Waals surface area (Å²) in [6, 6.07) is -0.725. The van der Waals surface area contributed by atoms with Crippen LogP contribution in [0.3, 0.4) is 0 Å². The van der Waals surface area contributed by atoms with E-state index in [-0.39, 0.29) is 42.7 Å². The first-order valence-electron chi connectivity index (χ1n) is 21.9. The molecule has 0 aliphatic rings. The normalized spacial score (nSPS) is 13.2. The highest BCUT2D eigenvalue weighted by Gasteiger charge is 2.25. The Balaban J connectivity index is 4.34. The maximum atomic E-state index is 12.7. The van der Waals surface area contributed by atoms with E-state index in [1.54, 1.807) is 21.1 Å².